The lowest BCUT2D eigenvalue weighted by Crippen LogP contribution is -2.19. The van der Waals surface area contributed by atoms with Crippen LogP contribution < -0.4 is 5.32 Å². The molecule has 0 spiro atoms. The molecule has 15 heavy (non-hydrogen) atoms. The first-order chi connectivity index (χ1) is 7.13. The fourth-order valence-corrected chi connectivity index (χ4v) is 1.35. The molecular weight excluding hydrogens is 188 g/mol. The monoisotopic (exact) mass is 202 g/mol. The fraction of sp³-hybridized carbons (Fsp3) is 0.333. The van der Waals surface area contributed by atoms with Crippen molar-refractivity contribution in [2.24, 2.45) is 0 Å². The highest BCUT2D eigenvalue weighted by atomic mass is 16.1. The maximum atomic E-state index is 11.2. The van der Waals surface area contributed by atoms with E-state index in [1.165, 1.54) is 5.56 Å². The van der Waals surface area contributed by atoms with Crippen LogP contribution in [0.25, 0.3) is 0 Å². The third-order valence-corrected chi connectivity index (χ3v) is 2.18. The summed E-state index contributed by atoms with van der Waals surface area (Å²) < 4.78 is 0. The minimum absolute atomic E-state index is 0.258. The minimum atomic E-state index is -0.265. The zero-order chi connectivity index (χ0) is 11.3. The van der Waals surface area contributed by atoms with Crippen LogP contribution in [0, 0.1) is 11.5 Å². The molecular formula is C12H14N2O. The summed E-state index contributed by atoms with van der Waals surface area (Å²) in [6.45, 7) is 4.21. The van der Waals surface area contributed by atoms with Crippen LogP contribution in [0.4, 0.5) is 0 Å². The molecule has 0 unspecified atom stereocenters. The van der Waals surface area contributed by atoms with Crippen molar-refractivity contribution < 1.29 is 4.79 Å². The molecule has 0 radical (unpaired) electrons. The van der Waals surface area contributed by atoms with E-state index < -0.39 is 0 Å². The van der Waals surface area contributed by atoms with Crippen molar-refractivity contribution in [3.05, 3.63) is 35.4 Å². The van der Waals surface area contributed by atoms with Gasteiger partial charge in [-0.15, -0.1) is 0 Å². The number of hydrogen-bond acceptors (Lipinski definition) is 2. The Balaban J connectivity index is 2.74. The molecule has 0 saturated carbocycles. The third-order valence-electron chi connectivity index (χ3n) is 2.18. The van der Waals surface area contributed by atoms with Crippen LogP contribution in [0.1, 0.15) is 30.9 Å². The number of rotatable bonds is 3. The van der Waals surface area contributed by atoms with Gasteiger partial charge >= 0.3 is 0 Å². The van der Waals surface area contributed by atoms with Crippen LogP contribution in [0.5, 0.6) is 0 Å². The zero-order valence-corrected chi connectivity index (χ0v) is 8.95. The van der Waals surface area contributed by atoms with Crippen LogP contribution >= 0.6 is 0 Å². The lowest BCUT2D eigenvalue weighted by Gasteiger charge is -2.07. The number of carbonyl (C=O) groups excluding carboxylic acids is 1. The molecule has 3 heteroatoms. The van der Waals surface area contributed by atoms with E-state index in [0.29, 0.717) is 5.92 Å². The van der Waals surface area contributed by atoms with Gasteiger partial charge in [0.1, 0.15) is 0 Å². The van der Waals surface area contributed by atoms with Crippen LogP contribution in [-0.2, 0) is 11.2 Å². The molecule has 0 aliphatic heterocycles. The van der Waals surface area contributed by atoms with Crippen molar-refractivity contribution in [2.75, 3.05) is 0 Å². The molecule has 0 aliphatic rings. The van der Waals surface area contributed by atoms with Crippen molar-refractivity contribution in [1.29, 1.82) is 5.26 Å². The Hall–Kier alpha value is -1.82. The molecule has 0 aliphatic carbocycles. The number of carbonyl (C=O) groups is 1. The molecule has 1 aromatic carbocycles. The van der Waals surface area contributed by atoms with Gasteiger partial charge in [-0.2, -0.15) is 5.26 Å². The molecule has 3 nitrogen and oxygen atoms in total. The van der Waals surface area contributed by atoms with Gasteiger partial charge in [0.2, 0.25) is 5.91 Å². The molecule has 78 valence electrons. The van der Waals surface area contributed by atoms with E-state index in [1.54, 1.807) is 6.19 Å². The smallest absolute Gasteiger partial charge is 0.237 e. The molecule has 0 atom stereocenters. The molecule has 1 aromatic rings. The summed E-state index contributed by atoms with van der Waals surface area (Å²) in [5, 5.41) is 10.4. The second kappa shape index (κ2) is 5.16. The average Bonchev–Trinajstić information content (AvgIpc) is 2.18. The standard InChI is InChI=1S/C12H14N2O/c1-9(2)11-5-3-4-10(6-11)7-12(15)14-8-13/h3-6,9H,7H2,1-2H3,(H,14,15). The van der Waals surface area contributed by atoms with Gasteiger partial charge < -0.3 is 0 Å². The number of nitrogens with zero attached hydrogens (tertiary/aromatic N) is 1. The minimum Gasteiger partial charge on any atom is -0.274 e. The molecule has 0 aromatic heterocycles. The van der Waals surface area contributed by atoms with E-state index >= 15 is 0 Å². The van der Waals surface area contributed by atoms with E-state index in [0.717, 1.165) is 5.56 Å². The lowest BCUT2D eigenvalue weighted by atomic mass is 10.00. The molecule has 0 saturated heterocycles. The lowest BCUT2D eigenvalue weighted by molar-refractivity contribution is -0.119. The Bertz CT molecular complexity index is 391. The summed E-state index contributed by atoms with van der Waals surface area (Å²) in [6.07, 6.45) is 1.88. The second-order valence-corrected chi connectivity index (χ2v) is 3.74. The second-order valence-electron chi connectivity index (χ2n) is 3.74. The summed E-state index contributed by atoms with van der Waals surface area (Å²) in [4.78, 5) is 11.2. The van der Waals surface area contributed by atoms with Gasteiger partial charge in [0.05, 0.1) is 6.42 Å². The highest BCUT2D eigenvalue weighted by Gasteiger charge is 2.04. The van der Waals surface area contributed by atoms with Gasteiger partial charge in [-0.3, -0.25) is 10.1 Å². The van der Waals surface area contributed by atoms with E-state index in [2.05, 4.69) is 19.2 Å². The number of benzene rings is 1. The van der Waals surface area contributed by atoms with Gasteiger partial charge in [0.15, 0.2) is 6.19 Å². The Morgan fingerprint density at radius 3 is 2.87 bits per heavy atom. The molecule has 1 amide bonds. The molecule has 1 N–H and O–H groups in total. The predicted molar refractivity (Wildman–Crippen MR) is 58.0 cm³/mol. The topological polar surface area (TPSA) is 52.9 Å². The van der Waals surface area contributed by atoms with Crippen LogP contribution in [0.15, 0.2) is 24.3 Å². The van der Waals surface area contributed by atoms with E-state index in [4.69, 9.17) is 5.26 Å². The Kier molecular flexibility index (Phi) is 3.87. The van der Waals surface area contributed by atoms with E-state index in [1.807, 2.05) is 24.3 Å². The number of nitriles is 1. The first kappa shape index (κ1) is 11.3. The maximum Gasteiger partial charge on any atom is 0.237 e. The number of hydrogen-bond donors (Lipinski definition) is 1. The van der Waals surface area contributed by atoms with Crippen molar-refractivity contribution in [3.8, 4) is 6.19 Å². The SMILES string of the molecule is CC(C)c1cccc(CC(=O)NC#N)c1. The van der Waals surface area contributed by atoms with Crippen molar-refractivity contribution in [1.82, 2.24) is 5.32 Å². The number of nitrogens with one attached hydrogen (secondary N) is 1. The van der Waals surface area contributed by atoms with E-state index in [-0.39, 0.29) is 12.3 Å². The highest BCUT2D eigenvalue weighted by Crippen LogP contribution is 2.15. The summed E-state index contributed by atoms with van der Waals surface area (Å²) in [7, 11) is 0. The first-order valence-corrected chi connectivity index (χ1v) is 4.90. The van der Waals surface area contributed by atoms with E-state index in [9.17, 15) is 4.79 Å². The third kappa shape index (κ3) is 3.43. The van der Waals surface area contributed by atoms with Crippen molar-refractivity contribution in [3.63, 3.8) is 0 Å². The molecule has 0 bridgehead atoms. The van der Waals surface area contributed by atoms with Gasteiger partial charge in [0, 0.05) is 0 Å². The maximum absolute atomic E-state index is 11.2. The fourth-order valence-electron chi connectivity index (χ4n) is 1.35. The summed E-state index contributed by atoms with van der Waals surface area (Å²) in [6, 6.07) is 7.87. The molecule has 1 rings (SSSR count). The summed E-state index contributed by atoms with van der Waals surface area (Å²) in [5.74, 6) is 0.183. The largest absolute Gasteiger partial charge is 0.274 e. The summed E-state index contributed by atoms with van der Waals surface area (Å²) >= 11 is 0. The Morgan fingerprint density at radius 2 is 2.27 bits per heavy atom. The summed E-state index contributed by atoms with van der Waals surface area (Å²) in [5.41, 5.74) is 2.14. The first-order valence-electron chi connectivity index (χ1n) is 4.90. The van der Waals surface area contributed by atoms with Gasteiger partial charge in [-0.25, -0.2) is 0 Å². The van der Waals surface area contributed by atoms with Gasteiger partial charge in [-0.1, -0.05) is 38.1 Å². The van der Waals surface area contributed by atoms with Crippen LogP contribution in [0.2, 0.25) is 0 Å². The number of amides is 1. The van der Waals surface area contributed by atoms with Crippen LogP contribution in [0.3, 0.4) is 0 Å². The zero-order valence-electron chi connectivity index (χ0n) is 8.95. The average molecular weight is 202 g/mol. The van der Waals surface area contributed by atoms with Crippen molar-refractivity contribution in [2.45, 2.75) is 26.2 Å². The Labute approximate surface area is 89.7 Å². The van der Waals surface area contributed by atoms with Crippen molar-refractivity contribution >= 4 is 5.91 Å². The van der Waals surface area contributed by atoms with Gasteiger partial charge in [-0.05, 0) is 17.0 Å². The normalized spacial score (nSPS) is 9.73. The van der Waals surface area contributed by atoms with Gasteiger partial charge in [0.25, 0.3) is 0 Å². The molecule has 0 fully saturated rings. The van der Waals surface area contributed by atoms with Crippen LogP contribution in [-0.4, -0.2) is 5.91 Å². The highest BCUT2D eigenvalue weighted by molar-refractivity contribution is 5.79. The quantitative estimate of drug-likeness (QED) is 0.601. The molecule has 0 heterocycles. The Morgan fingerprint density at radius 1 is 1.53 bits per heavy atom. The predicted octanol–water partition coefficient (Wildman–Crippen LogP) is 1.95.